The largest absolute Gasteiger partial charge is 0.309 e. The maximum absolute atomic E-state index is 12.9. The summed E-state index contributed by atoms with van der Waals surface area (Å²) in [7, 11) is 1.91. The van der Waals surface area contributed by atoms with Crippen molar-refractivity contribution in [1.29, 1.82) is 0 Å². The van der Waals surface area contributed by atoms with Crippen molar-refractivity contribution in [3.8, 4) is 0 Å². The first-order chi connectivity index (χ1) is 8.22. The lowest BCUT2D eigenvalue weighted by atomic mass is 9.99. The van der Waals surface area contributed by atoms with Gasteiger partial charge in [0.25, 0.3) is 0 Å². The van der Waals surface area contributed by atoms with Crippen molar-refractivity contribution in [3.63, 3.8) is 0 Å². The molecule has 1 atom stereocenters. The number of benzene rings is 2. The van der Waals surface area contributed by atoms with Crippen LogP contribution < -0.4 is 5.32 Å². The molecule has 0 radical (unpaired) electrons. The van der Waals surface area contributed by atoms with Gasteiger partial charge in [0, 0.05) is 3.57 Å². The zero-order chi connectivity index (χ0) is 12.3. The molecule has 0 spiro atoms. The van der Waals surface area contributed by atoms with Crippen LogP contribution in [-0.4, -0.2) is 7.05 Å². The predicted octanol–water partition coefficient (Wildman–Crippen LogP) is 3.74. The molecule has 88 valence electrons. The van der Waals surface area contributed by atoms with Crippen LogP contribution >= 0.6 is 22.6 Å². The molecular weight excluding hydrogens is 328 g/mol. The fourth-order valence-electron chi connectivity index (χ4n) is 1.87. The number of hydrogen-bond acceptors (Lipinski definition) is 1. The van der Waals surface area contributed by atoms with Crippen molar-refractivity contribution in [3.05, 3.63) is 69.0 Å². The fourth-order valence-corrected chi connectivity index (χ4v) is 2.56. The lowest BCUT2D eigenvalue weighted by Gasteiger charge is -2.18. The topological polar surface area (TPSA) is 12.0 Å². The van der Waals surface area contributed by atoms with Gasteiger partial charge in [-0.15, -0.1) is 0 Å². The van der Waals surface area contributed by atoms with Crippen LogP contribution in [0.25, 0.3) is 0 Å². The summed E-state index contributed by atoms with van der Waals surface area (Å²) in [6, 6.07) is 14.9. The lowest BCUT2D eigenvalue weighted by molar-refractivity contribution is 0.623. The van der Waals surface area contributed by atoms with Gasteiger partial charge in [-0.05, 0) is 59.0 Å². The normalized spacial score (nSPS) is 12.4. The van der Waals surface area contributed by atoms with Gasteiger partial charge in [0.05, 0.1) is 6.04 Å². The summed E-state index contributed by atoms with van der Waals surface area (Å²) in [5.74, 6) is -0.202. The van der Waals surface area contributed by atoms with Gasteiger partial charge in [0.2, 0.25) is 0 Å². The molecule has 2 aromatic carbocycles. The van der Waals surface area contributed by atoms with Crippen LogP contribution in [0.5, 0.6) is 0 Å². The second kappa shape index (κ2) is 5.60. The molecule has 17 heavy (non-hydrogen) atoms. The SMILES string of the molecule is CNC(c1ccc(F)cc1)c1ccccc1I. The van der Waals surface area contributed by atoms with Gasteiger partial charge in [-0.2, -0.15) is 0 Å². The standard InChI is InChI=1S/C14H13FIN/c1-17-14(10-6-8-11(15)9-7-10)12-4-2-3-5-13(12)16/h2-9,14,17H,1H3. The van der Waals surface area contributed by atoms with Crippen molar-refractivity contribution in [1.82, 2.24) is 5.32 Å². The number of halogens is 2. The first kappa shape index (κ1) is 12.5. The van der Waals surface area contributed by atoms with Crippen LogP contribution in [-0.2, 0) is 0 Å². The maximum atomic E-state index is 12.9. The Balaban J connectivity index is 2.40. The molecule has 0 aromatic heterocycles. The van der Waals surface area contributed by atoms with Gasteiger partial charge in [0.15, 0.2) is 0 Å². The van der Waals surface area contributed by atoms with E-state index in [-0.39, 0.29) is 11.9 Å². The first-order valence-corrected chi connectivity index (χ1v) is 6.47. The zero-order valence-electron chi connectivity index (χ0n) is 9.45. The molecule has 0 saturated heterocycles. The highest BCUT2D eigenvalue weighted by Gasteiger charge is 2.14. The molecule has 2 rings (SSSR count). The molecule has 1 N–H and O–H groups in total. The molecule has 0 saturated carbocycles. The minimum absolute atomic E-state index is 0.101. The van der Waals surface area contributed by atoms with E-state index in [0.717, 1.165) is 5.56 Å². The van der Waals surface area contributed by atoms with Crippen molar-refractivity contribution in [2.75, 3.05) is 7.05 Å². The highest BCUT2D eigenvalue weighted by atomic mass is 127. The maximum Gasteiger partial charge on any atom is 0.123 e. The van der Waals surface area contributed by atoms with E-state index >= 15 is 0 Å². The van der Waals surface area contributed by atoms with Crippen molar-refractivity contribution < 1.29 is 4.39 Å². The summed E-state index contributed by atoms with van der Waals surface area (Å²) in [5, 5.41) is 3.27. The lowest BCUT2D eigenvalue weighted by Crippen LogP contribution is -2.18. The Labute approximate surface area is 114 Å². The summed E-state index contributed by atoms with van der Waals surface area (Å²) in [4.78, 5) is 0. The third-order valence-electron chi connectivity index (χ3n) is 2.71. The van der Waals surface area contributed by atoms with Crippen molar-refractivity contribution in [2.24, 2.45) is 0 Å². The zero-order valence-corrected chi connectivity index (χ0v) is 11.6. The monoisotopic (exact) mass is 341 g/mol. The highest BCUT2D eigenvalue weighted by molar-refractivity contribution is 14.1. The molecule has 0 aliphatic heterocycles. The Morgan fingerprint density at radius 1 is 1.06 bits per heavy atom. The second-order valence-corrected chi connectivity index (χ2v) is 4.96. The molecular formula is C14H13FIN. The molecule has 1 unspecified atom stereocenters. The molecule has 0 heterocycles. The van der Waals surface area contributed by atoms with Gasteiger partial charge in [-0.3, -0.25) is 0 Å². The number of hydrogen-bond donors (Lipinski definition) is 1. The van der Waals surface area contributed by atoms with E-state index in [1.165, 1.54) is 21.3 Å². The van der Waals surface area contributed by atoms with Crippen LogP contribution in [0.4, 0.5) is 4.39 Å². The summed E-state index contributed by atoms with van der Waals surface area (Å²) in [6.45, 7) is 0. The van der Waals surface area contributed by atoms with E-state index in [1.54, 1.807) is 0 Å². The van der Waals surface area contributed by atoms with E-state index < -0.39 is 0 Å². The predicted molar refractivity (Wildman–Crippen MR) is 76.5 cm³/mol. The second-order valence-electron chi connectivity index (χ2n) is 3.79. The summed E-state index contributed by atoms with van der Waals surface area (Å²) in [6.07, 6.45) is 0. The summed E-state index contributed by atoms with van der Waals surface area (Å²) < 4.78 is 14.1. The van der Waals surface area contributed by atoms with E-state index in [0.29, 0.717) is 0 Å². The number of rotatable bonds is 3. The highest BCUT2D eigenvalue weighted by Crippen LogP contribution is 2.25. The molecule has 0 amide bonds. The van der Waals surface area contributed by atoms with Gasteiger partial charge >= 0.3 is 0 Å². The van der Waals surface area contributed by atoms with Gasteiger partial charge < -0.3 is 5.32 Å². The van der Waals surface area contributed by atoms with Crippen molar-refractivity contribution >= 4 is 22.6 Å². The quantitative estimate of drug-likeness (QED) is 0.839. The Bertz CT molecular complexity index is 496. The average molecular weight is 341 g/mol. The van der Waals surface area contributed by atoms with Gasteiger partial charge in [-0.25, -0.2) is 4.39 Å². The summed E-state index contributed by atoms with van der Waals surface area (Å²) in [5.41, 5.74) is 2.28. The third-order valence-corrected chi connectivity index (χ3v) is 3.69. The Morgan fingerprint density at radius 3 is 2.29 bits per heavy atom. The van der Waals surface area contributed by atoms with E-state index in [4.69, 9.17) is 0 Å². The third kappa shape index (κ3) is 2.84. The molecule has 0 fully saturated rings. The van der Waals surface area contributed by atoms with Crippen LogP contribution in [0.15, 0.2) is 48.5 Å². The van der Waals surface area contributed by atoms with E-state index in [2.05, 4.69) is 40.0 Å². The van der Waals surface area contributed by atoms with Gasteiger partial charge in [-0.1, -0.05) is 30.3 Å². The Hall–Kier alpha value is -0.940. The molecule has 0 bridgehead atoms. The average Bonchev–Trinajstić information content (AvgIpc) is 2.35. The minimum atomic E-state index is -0.202. The fraction of sp³-hybridized carbons (Fsp3) is 0.143. The first-order valence-electron chi connectivity index (χ1n) is 5.39. The van der Waals surface area contributed by atoms with Crippen LogP contribution in [0.1, 0.15) is 17.2 Å². The molecule has 3 heteroatoms. The van der Waals surface area contributed by atoms with Crippen LogP contribution in [0.3, 0.4) is 0 Å². The molecule has 1 nitrogen and oxygen atoms in total. The van der Waals surface area contributed by atoms with E-state index in [1.807, 2.05) is 31.3 Å². The van der Waals surface area contributed by atoms with Crippen molar-refractivity contribution in [2.45, 2.75) is 6.04 Å². The van der Waals surface area contributed by atoms with Crippen LogP contribution in [0, 0.1) is 9.39 Å². The van der Waals surface area contributed by atoms with E-state index in [9.17, 15) is 4.39 Å². The minimum Gasteiger partial charge on any atom is -0.309 e. The molecule has 0 aliphatic carbocycles. The smallest absolute Gasteiger partial charge is 0.123 e. The van der Waals surface area contributed by atoms with Crippen LogP contribution in [0.2, 0.25) is 0 Å². The Morgan fingerprint density at radius 2 is 1.71 bits per heavy atom. The Kier molecular flexibility index (Phi) is 4.12. The van der Waals surface area contributed by atoms with Gasteiger partial charge in [0.1, 0.15) is 5.82 Å². The summed E-state index contributed by atoms with van der Waals surface area (Å²) >= 11 is 2.32. The molecule has 2 aromatic rings. The molecule has 0 aliphatic rings. The number of nitrogens with one attached hydrogen (secondary N) is 1.